The molecule has 3 aromatic heterocycles. The van der Waals surface area contributed by atoms with Crippen molar-refractivity contribution < 1.29 is 8.78 Å². The van der Waals surface area contributed by atoms with Gasteiger partial charge >= 0.3 is 0 Å². The largest absolute Gasteiger partial charge is 0.339 e. The van der Waals surface area contributed by atoms with Crippen LogP contribution in [0, 0.1) is 11.6 Å². The first-order chi connectivity index (χ1) is 15.1. The molecule has 7 heteroatoms. The SMILES string of the molecule is CCC1SC(c2cccnc2)N(C)C1c1cnc2[nH]c(-c3c(F)cccc3F)cc2c1. The second-order valence-electron chi connectivity index (χ2n) is 7.82. The number of H-pyrrole nitrogens is 1. The summed E-state index contributed by atoms with van der Waals surface area (Å²) < 4.78 is 28.5. The highest BCUT2D eigenvalue weighted by Gasteiger charge is 2.40. The predicted octanol–water partition coefficient (Wildman–Crippen LogP) is 6.10. The third-order valence-electron chi connectivity index (χ3n) is 5.90. The Labute approximate surface area is 183 Å². The van der Waals surface area contributed by atoms with E-state index in [0.29, 0.717) is 16.6 Å². The van der Waals surface area contributed by atoms with Crippen LogP contribution < -0.4 is 0 Å². The molecule has 1 N–H and O–H groups in total. The van der Waals surface area contributed by atoms with Gasteiger partial charge in [0, 0.05) is 35.3 Å². The van der Waals surface area contributed by atoms with Crippen LogP contribution in [0.15, 0.2) is 61.1 Å². The average Bonchev–Trinajstić information content (AvgIpc) is 3.34. The zero-order chi connectivity index (χ0) is 21.5. The zero-order valence-corrected chi connectivity index (χ0v) is 18.0. The first-order valence-corrected chi connectivity index (χ1v) is 11.2. The van der Waals surface area contributed by atoms with E-state index in [4.69, 9.17) is 0 Å². The maximum absolute atomic E-state index is 14.2. The molecule has 0 radical (unpaired) electrons. The molecule has 0 bridgehead atoms. The van der Waals surface area contributed by atoms with Crippen LogP contribution in [-0.4, -0.2) is 32.1 Å². The summed E-state index contributed by atoms with van der Waals surface area (Å²) in [6, 6.07) is 12.0. The minimum Gasteiger partial charge on any atom is -0.339 e. The molecular weight excluding hydrogens is 414 g/mol. The van der Waals surface area contributed by atoms with E-state index < -0.39 is 11.6 Å². The van der Waals surface area contributed by atoms with Crippen LogP contribution in [0.5, 0.6) is 0 Å². The van der Waals surface area contributed by atoms with Crippen molar-refractivity contribution in [3.8, 4) is 11.3 Å². The maximum atomic E-state index is 14.2. The second-order valence-corrected chi connectivity index (χ2v) is 9.14. The molecule has 3 unspecified atom stereocenters. The van der Waals surface area contributed by atoms with Gasteiger partial charge in [0.25, 0.3) is 0 Å². The molecule has 31 heavy (non-hydrogen) atoms. The van der Waals surface area contributed by atoms with Crippen LogP contribution in [0.2, 0.25) is 0 Å². The molecule has 4 aromatic rings. The molecule has 1 aliphatic heterocycles. The summed E-state index contributed by atoms with van der Waals surface area (Å²) in [6.07, 6.45) is 6.60. The van der Waals surface area contributed by atoms with E-state index in [0.717, 1.165) is 17.4 Å². The molecule has 0 aliphatic carbocycles. The Morgan fingerprint density at radius 3 is 2.58 bits per heavy atom. The van der Waals surface area contributed by atoms with Crippen molar-refractivity contribution >= 4 is 22.8 Å². The first kappa shape index (κ1) is 20.2. The van der Waals surface area contributed by atoms with Gasteiger partial charge in [0.05, 0.1) is 16.6 Å². The standard InChI is InChI=1S/C24H22F2N4S/c1-3-20-22(30(2)24(31-20)14-6-5-9-27-12-14)16-10-15-11-19(29-23(15)28-13-16)21-17(25)7-4-8-18(21)26/h4-13,20,22,24H,3H2,1-2H3,(H,28,29). The van der Waals surface area contributed by atoms with Crippen molar-refractivity contribution in [2.45, 2.75) is 30.0 Å². The third-order valence-corrected chi connectivity index (χ3v) is 7.70. The number of rotatable bonds is 4. The van der Waals surface area contributed by atoms with Crippen molar-refractivity contribution in [3.05, 3.63) is 83.8 Å². The molecule has 0 amide bonds. The summed E-state index contributed by atoms with van der Waals surface area (Å²) in [5.41, 5.74) is 3.24. The molecule has 1 saturated heterocycles. The molecule has 0 spiro atoms. The Bertz CT molecular complexity index is 1210. The van der Waals surface area contributed by atoms with Gasteiger partial charge in [0.15, 0.2) is 0 Å². The van der Waals surface area contributed by atoms with Crippen molar-refractivity contribution in [1.82, 2.24) is 19.9 Å². The maximum Gasteiger partial charge on any atom is 0.137 e. The van der Waals surface area contributed by atoms with Gasteiger partial charge in [-0.15, -0.1) is 11.8 Å². The minimum absolute atomic E-state index is 0.0568. The summed E-state index contributed by atoms with van der Waals surface area (Å²) in [5, 5.41) is 1.46. The number of aromatic nitrogens is 3. The lowest BCUT2D eigenvalue weighted by Gasteiger charge is -2.26. The fourth-order valence-electron chi connectivity index (χ4n) is 4.43. The van der Waals surface area contributed by atoms with Gasteiger partial charge in [-0.05, 0) is 54.9 Å². The van der Waals surface area contributed by atoms with E-state index in [2.05, 4.69) is 46.0 Å². The molecule has 4 nitrogen and oxygen atoms in total. The molecular formula is C24H22F2N4S. The molecule has 1 aliphatic rings. The highest BCUT2D eigenvalue weighted by Crippen LogP contribution is 2.52. The normalized spacial score (nSPS) is 21.7. The summed E-state index contributed by atoms with van der Waals surface area (Å²) in [5.74, 6) is -1.19. The van der Waals surface area contributed by atoms with Crippen LogP contribution in [-0.2, 0) is 0 Å². The lowest BCUT2D eigenvalue weighted by atomic mass is 10.0. The van der Waals surface area contributed by atoms with Gasteiger partial charge in [-0.3, -0.25) is 9.88 Å². The Kier molecular flexibility index (Phi) is 5.24. The number of thioether (sulfide) groups is 1. The summed E-state index contributed by atoms with van der Waals surface area (Å²) in [6.45, 7) is 2.20. The fraction of sp³-hybridized carbons (Fsp3) is 0.250. The van der Waals surface area contributed by atoms with Crippen molar-refractivity contribution in [2.24, 2.45) is 0 Å². The van der Waals surface area contributed by atoms with Gasteiger partial charge in [0.2, 0.25) is 0 Å². The van der Waals surface area contributed by atoms with Gasteiger partial charge in [-0.2, -0.15) is 0 Å². The molecule has 1 fully saturated rings. The van der Waals surface area contributed by atoms with E-state index in [1.165, 1.54) is 23.8 Å². The number of halogens is 2. The number of nitrogens with zero attached hydrogens (tertiary/aromatic N) is 3. The summed E-state index contributed by atoms with van der Waals surface area (Å²) in [4.78, 5) is 14.3. The van der Waals surface area contributed by atoms with E-state index in [1.54, 1.807) is 12.3 Å². The number of hydrogen-bond donors (Lipinski definition) is 1. The lowest BCUT2D eigenvalue weighted by molar-refractivity contribution is 0.247. The highest BCUT2D eigenvalue weighted by atomic mass is 32.2. The Morgan fingerprint density at radius 2 is 1.87 bits per heavy atom. The van der Waals surface area contributed by atoms with Gasteiger partial charge < -0.3 is 4.98 Å². The monoisotopic (exact) mass is 436 g/mol. The summed E-state index contributed by atoms with van der Waals surface area (Å²) in [7, 11) is 2.13. The molecule has 1 aromatic carbocycles. The minimum atomic E-state index is -0.593. The topological polar surface area (TPSA) is 44.8 Å². The Hall–Kier alpha value is -2.77. The van der Waals surface area contributed by atoms with Crippen LogP contribution in [0.25, 0.3) is 22.3 Å². The van der Waals surface area contributed by atoms with Crippen LogP contribution in [0.1, 0.15) is 35.9 Å². The lowest BCUT2D eigenvalue weighted by Crippen LogP contribution is -2.25. The number of aromatic amines is 1. The first-order valence-electron chi connectivity index (χ1n) is 10.3. The smallest absolute Gasteiger partial charge is 0.137 e. The van der Waals surface area contributed by atoms with E-state index in [9.17, 15) is 8.78 Å². The van der Waals surface area contributed by atoms with Gasteiger partial charge in [-0.1, -0.05) is 19.1 Å². The average molecular weight is 437 g/mol. The van der Waals surface area contributed by atoms with E-state index in [-0.39, 0.29) is 17.0 Å². The molecule has 3 atom stereocenters. The number of pyridine rings is 2. The number of nitrogens with one attached hydrogen (secondary N) is 1. The highest BCUT2D eigenvalue weighted by molar-refractivity contribution is 8.00. The number of hydrogen-bond acceptors (Lipinski definition) is 4. The number of fused-ring (bicyclic) bond motifs is 1. The predicted molar refractivity (Wildman–Crippen MR) is 121 cm³/mol. The van der Waals surface area contributed by atoms with Crippen molar-refractivity contribution in [2.75, 3.05) is 7.05 Å². The van der Waals surface area contributed by atoms with Crippen LogP contribution in [0.3, 0.4) is 0 Å². The van der Waals surface area contributed by atoms with E-state index in [1.807, 2.05) is 30.2 Å². The van der Waals surface area contributed by atoms with Crippen LogP contribution in [0.4, 0.5) is 8.78 Å². The summed E-state index contributed by atoms with van der Waals surface area (Å²) >= 11 is 1.94. The zero-order valence-electron chi connectivity index (χ0n) is 17.2. The third kappa shape index (κ3) is 3.51. The Balaban J connectivity index is 1.53. The molecule has 0 saturated carbocycles. The number of benzene rings is 1. The van der Waals surface area contributed by atoms with Gasteiger partial charge in [-0.25, -0.2) is 13.8 Å². The van der Waals surface area contributed by atoms with Gasteiger partial charge in [0.1, 0.15) is 17.3 Å². The second kappa shape index (κ2) is 8.05. The van der Waals surface area contributed by atoms with Crippen molar-refractivity contribution in [1.29, 1.82) is 0 Å². The Morgan fingerprint density at radius 1 is 1.06 bits per heavy atom. The van der Waals surface area contributed by atoms with E-state index >= 15 is 0 Å². The van der Waals surface area contributed by atoms with Crippen LogP contribution >= 0.6 is 11.8 Å². The molecule has 4 heterocycles. The molecule has 5 rings (SSSR count). The fourth-order valence-corrected chi connectivity index (χ4v) is 6.07. The van der Waals surface area contributed by atoms with Crippen molar-refractivity contribution in [3.63, 3.8) is 0 Å². The quantitative estimate of drug-likeness (QED) is 0.420. The molecule has 158 valence electrons.